The zero-order valence-electron chi connectivity index (χ0n) is 14.3. The van der Waals surface area contributed by atoms with Crippen LogP contribution in [0.1, 0.15) is 25.5 Å². The minimum absolute atomic E-state index is 0.0440. The highest BCUT2D eigenvalue weighted by Gasteiger charge is 2.17. The number of ether oxygens (including phenoxy) is 1. The van der Waals surface area contributed by atoms with Crippen molar-refractivity contribution >= 4 is 33.4 Å². The first-order valence-corrected chi connectivity index (χ1v) is 9.02. The Labute approximate surface area is 150 Å². The predicted octanol–water partition coefficient (Wildman–Crippen LogP) is 2.85. The van der Waals surface area contributed by atoms with Crippen molar-refractivity contribution in [2.45, 2.75) is 32.7 Å². The predicted molar refractivity (Wildman–Crippen MR) is 101 cm³/mol. The molecule has 0 amide bonds. The van der Waals surface area contributed by atoms with E-state index in [1.54, 1.807) is 10.6 Å². The number of aromatic amines is 1. The number of nitrogens with one attached hydrogen (secondary N) is 1. The van der Waals surface area contributed by atoms with Crippen molar-refractivity contribution in [1.82, 2.24) is 14.8 Å². The van der Waals surface area contributed by atoms with Crippen LogP contribution >= 0.6 is 11.6 Å². The van der Waals surface area contributed by atoms with Gasteiger partial charge in [-0.3, -0.25) is 9.89 Å². The molecule has 0 aliphatic carbocycles. The Morgan fingerprint density at radius 2 is 2.20 bits per heavy atom. The molecule has 0 aliphatic rings. The van der Waals surface area contributed by atoms with Gasteiger partial charge >= 0.3 is 0 Å². The summed E-state index contributed by atoms with van der Waals surface area (Å²) in [6, 6.07) is 5.52. The second kappa shape index (κ2) is 7.99. The minimum atomic E-state index is -0.0440. The Hall–Kier alpha value is -1.89. The summed E-state index contributed by atoms with van der Waals surface area (Å²) in [6.45, 7) is 4.44. The zero-order chi connectivity index (χ0) is 17.8. The van der Waals surface area contributed by atoms with Crippen LogP contribution in [0.15, 0.2) is 23.0 Å². The molecule has 0 saturated heterocycles. The second-order valence-electron chi connectivity index (χ2n) is 6.05. The highest BCUT2D eigenvalue weighted by Crippen LogP contribution is 2.26. The first-order chi connectivity index (χ1) is 12.2. The fraction of sp³-hybridized carbons (Fsp3) is 0.444. The van der Waals surface area contributed by atoms with Gasteiger partial charge < -0.3 is 15.0 Å². The summed E-state index contributed by atoms with van der Waals surface area (Å²) in [5, 5.41) is 9.52. The van der Waals surface area contributed by atoms with Crippen molar-refractivity contribution in [3.05, 3.63) is 39.3 Å². The molecule has 0 aliphatic heterocycles. The third-order valence-corrected chi connectivity index (χ3v) is 4.47. The van der Waals surface area contributed by atoms with Crippen LogP contribution in [-0.4, -0.2) is 34.5 Å². The molecule has 1 aromatic carbocycles. The van der Waals surface area contributed by atoms with E-state index in [9.17, 15) is 4.79 Å². The van der Waals surface area contributed by atoms with Crippen molar-refractivity contribution < 1.29 is 4.74 Å². The standard InChI is InChI=1S/C18H23ClN4O2/c1-2-9-25-10-6-14-16-17(22-21-14)13-11-12(19)4-5-15(13)23(18(16)24)8-3-7-20/h4-5,11H,2-3,6-10,20H2,1H3,(H,21,22). The number of nitrogens with zero attached hydrogens (tertiary/aromatic N) is 2. The molecule has 7 heteroatoms. The average molecular weight is 363 g/mol. The number of halogens is 1. The fourth-order valence-corrected chi connectivity index (χ4v) is 3.23. The molecule has 134 valence electrons. The number of nitrogens with two attached hydrogens (primary N) is 1. The Balaban J connectivity index is 2.14. The monoisotopic (exact) mass is 362 g/mol. The zero-order valence-corrected chi connectivity index (χ0v) is 15.1. The van der Waals surface area contributed by atoms with Gasteiger partial charge in [0.1, 0.15) is 5.52 Å². The van der Waals surface area contributed by atoms with Crippen LogP contribution in [0.2, 0.25) is 5.02 Å². The highest BCUT2D eigenvalue weighted by molar-refractivity contribution is 6.31. The summed E-state index contributed by atoms with van der Waals surface area (Å²) < 4.78 is 7.32. The molecular formula is C18H23ClN4O2. The second-order valence-corrected chi connectivity index (χ2v) is 6.49. The van der Waals surface area contributed by atoms with Crippen molar-refractivity contribution in [3.63, 3.8) is 0 Å². The van der Waals surface area contributed by atoms with E-state index in [1.165, 1.54) is 0 Å². The van der Waals surface area contributed by atoms with Crippen molar-refractivity contribution in [3.8, 4) is 0 Å². The Morgan fingerprint density at radius 3 is 2.96 bits per heavy atom. The summed E-state index contributed by atoms with van der Waals surface area (Å²) in [5.41, 5.74) is 7.89. The van der Waals surface area contributed by atoms with Gasteiger partial charge in [-0.1, -0.05) is 18.5 Å². The van der Waals surface area contributed by atoms with Crippen LogP contribution in [0.25, 0.3) is 21.8 Å². The quantitative estimate of drug-likeness (QED) is 0.603. The van der Waals surface area contributed by atoms with E-state index in [-0.39, 0.29) is 5.56 Å². The van der Waals surface area contributed by atoms with E-state index in [1.807, 2.05) is 12.1 Å². The van der Waals surface area contributed by atoms with Gasteiger partial charge in [-0.15, -0.1) is 0 Å². The average Bonchev–Trinajstić information content (AvgIpc) is 3.03. The van der Waals surface area contributed by atoms with Gasteiger partial charge in [0.05, 0.1) is 23.2 Å². The summed E-state index contributed by atoms with van der Waals surface area (Å²) in [6.07, 6.45) is 2.32. The van der Waals surface area contributed by atoms with Gasteiger partial charge in [0, 0.05) is 30.0 Å². The Morgan fingerprint density at radius 1 is 1.36 bits per heavy atom. The lowest BCUT2D eigenvalue weighted by Gasteiger charge is -2.11. The number of hydrogen-bond donors (Lipinski definition) is 2. The number of aromatic nitrogens is 3. The molecule has 2 heterocycles. The van der Waals surface area contributed by atoms with Crippen molar-refractivity contribution in [2.75, 3.05) is 19.8 Å². The lowest BCUT2D eigenvalue weighted by molar-refractivity contribution is 0.137. The van der Waals surface area contributed by atoms with E-state index >= 15 is 0 Å². The fourth-order valence-electron chi connectivity index (χ4n) is 3.05. The van der Waals surface area contributed by atoms with Crippen LogP contribution in [0.4, 0.5) is 0 Å². The molecule has 0 radical (unpaired) electrons. The smallest absolute Gasteiger partial charge is 0.262 e. The summed E-state index contributed by atoms with van der Waals surface area (Å²) in [7, 11) is 0. The summed E-state index contributed by atoms with van der Waals surface area (Å²) >= 11 is 6.18. The van der Waals surface area contributed by atoms with Gasteiger partial charge in [0.2, 0.25) is 0 Å². The van der Waals surface area contributed by atoms with Crippen LogP contribution in [0.3, 0.4) is 0 Å². The normalized spacial score (nSPS) is 11.6. The molecule has 25 heavy (non-hydrogen) atoms. The molecule has 0 bridgehead atoms. The largest absolute Gasteiger partial charge is 0.381 e. The summed E-state index contributed by atoms with van der Waals surface area (Å²) in [4.78, 5) is 13.1. The molecule has 0 saturated carbocycles. The topological polar surface area (TPSA) is 85.9 Å². The highest BCUT2D eigenvalue weighted by atomic mass is 35.5. The molecule has 0 unspecified atom stereocenters. The number of aryl methyl sites for hydroxylation is 1. The summed E-state index contributed by atoms with van der Waals surface area (Å²) in [5.74, 6) is 0. The molecule has 3 aromatic rings. The number of pyridine rings is 1. The first-order valence-electron chi connectivity index (χ1n) is 8.64. The Kier molecular flexibility index (Phi) is 5.73. The third kappa shape index (κ3) is 3.56. The van der Waals surface area contributed by atoms with E-state index < -0.39 is 0 Å². The molecule has 2 aromatic heterocycles. The van der Waals surface area contributed by atoms with Crippen LogP contribution in [0.5, 0.6) is 0 Å². The van der Waals surface area contributed by atoms with Gasteiger partial charge in [-0.25, -0.2) is 0 Å². The van der Waals surface area contributed by atoms with Crippen LogP contribution < -0.4 is 11.3 Å². The number of hydrogen-bond acceptors (Lipinski definition) is 4. The van der Waals surface area contributed by atoms with E-state index in [2.05, 4.69) is 17.1 Å². The van der Waals surface area contributed by atoms with E-state index in [0.29, 0.717) is 48.6 Å². The van der Waals surface area contributed by atoms with E-state index in [0.717, 1.165) is 29.4 Å². The van der Waals surface area contributed by atoms with Crippen molar-refractivity contribution in [2.24, 2.45) is 5.73 Å². The number of fused-ring (bicyclic) bond motifs is 3. The molecule has 3 N–H and O–H groups in total. The maximum atomic E-state index is 13.1. The third-order valence-electron chi connectivity index (χ3n) is 4.24. The van der Waals surface area contributed by atoms with Gasteiger partial charge in [0.25, 0.3) is 5.56 Å². The molecule has 3 rings (SSSR count). The molecule has 0 fully saturated rings. The molecular weight excluding hydrogens is 340 g/mol. The maximum Gasteiger partial charge on any atom is 0.262 e. The van der Waals surface area contributed by atoms with Gasteiger partial charge in [-0.2, -0.15) is 5.10 Å². The van der Waals surface area contributed by atoms with Crippen LogP contribution in [-0.2, 0) is 17.7 Å². The Bertz CT molecular complexity index is 932. The number of benzene rings is 1. The molecule has 6 nitrogen and oxygen atoms in total. The molecule has 0 atom stereocenters. The molecule has 0 spiro atoms. The number of rotatable bonds is 8. The van der Waals surface area contributed by atoms with Crippen molar-refractivity contribution in [1.29, 1.82) is 0 Å². The minimum Gasteiger partial charge on any atom is -0.381 e. The SMILES string of the molecule is CCCOCCc1[nH]nc2c1c(=O)n(CCCN)c1ccc(Cl)cc21. The van der Waals surface area contributed by atoms with Crippen LogP contribution in [0, 0.1) is 0 Å². The number of H-pyrrole nitrogens is 1. The van der Waals surface area contributed by atoms with Gasteiger partial charge in [0.15, 0.2) is 0 Å². The lowest BCUT2D eigenvalue weighted by atomic mass is 10.1. The first kappa shape index (κ1) is 17.9. The van der Waals surface area contributed by atoms with E-state index in [4.69, 9.17) is 22.1 Å². The maximum absolute atomic E-state index is 13.1. The van der Waals surface area contributed by atoms with Gasteiger partial charge in [-0.05, 0) is 37.6 Å². The lowest BCUT2D eigenvalue weighted by Crippen LogP contribution is -2.23.